The molecule has 0 radical (unpaired) electrons. The summed E-state index contributed by atoms with van der Waals surface area (Å²) in [5, 5.41) is 14.0. The third-order valence-corrected chi connectivity index (χ3v) is 4.89. The molecule has 3 aromatic carbocycles. The Hall–Kier alpha value is -2.69. The summed E-state index contributed by atoms with van der Waals surface area (Å²) in [6.45, 7) is 6.52. The van der Waals surface area contributed by atoms with Crippen LogP contribution in [0.25, 0.3) is 0 Å². The number of nitrogens with zero attached hydrogens (tertiary/aromatic N) is 3. The van der Waals surface area contributed by atoms with E-state index in [1.54, 1.807) is 18.2 Å². The second-order valence-corrected chi connectivity index (χ2v) is 8.32. The molecular formula is C23H22Cl2N4. The molecule has 0 unspecified atom stereocenters. The zero-order valence-corrected chi connectivity index (χ0v) is 18.0. The summed E-state index contributed by atoms with van der Waals surface area (Å²) in [7, 11) is 0. The van der Waals surface area contributed by atoms with Gasteiger partial charge in [0.05, 0.1) is 21.4 Å². The highest BCUT2D eigenvalue weighted by Crippen LogP contribution is 2.30. The highest BCUT2D eigenvalue weighted by Gasteiger charge is 2.14. The lowest BCUT2D eigenvalue weighted by molar-refractivity contribution is 0.590. The first-order valence-electron chi connectivity index (χ1n) is 9.20. The Morgan fingerprint density at radius 2 is 1.41 bits per heavy atom. The zero-order valence-electron chi connectivity index (χ0n) is 16.5. The first kappa shape index (κ1) is 21.0. The summed E-state index contributed by atoms with van der Waals surface area (Å²) in [4.78, 5) is 0. The van der Waals surface area contributed by atoms with Gasteiger partial charge in [0, 0.05) is 5.56 Å². The molecule has 4 nitrogen and oxygen atoms in total. The Morgan fingerprint density at radius 1 is 0.793 bits per heavy atom. The second-order valence-electron chi connectivity index (χ2n) is 7.51. The largest absolute Gasteiger partial charge is 0.273 e. The number of azo groups is 1. The smallest absolute Gasteiger partial charge is 0.201 e. The molecular weight excluding hydrogens is 403 g/mol. The second kappa shape index (κ2) is 9.21. The molecule has 3 aromatic rings. The number of benzene rings is 3. The van der Waals surface area contributed by atoms with Crippen molar-refractivity contribution >= 4 is 40.4 Å². The van der Waals surface area contributed by atoms with Gasteiger partial charge in [-0.3, -0.25) is 5.43 Å². The number of halogens is 2. The van der Waals surface area contributed by atoms with Gasteiger partial charge in [-0.1, -0.05) is 92.5 Å². The highest BCUT2D eigenvalue weighted by atomic mass is 35.5. The highest BCUT2D eigenvalue weighted by molar-refractivity contribution is 6.39. The fourth-order valence-electron chi connectivity index (χ4n) is 2.58. The van der Waals surface area contributed by atoms with Crippen LogP contribution >= 0.6 is 23.2 Å². The molecule has 0 amide bonds. The van der Waals surface area contributed by atoms with Gasteiger partial charge in [0.15, 0.2) is 0 Å². The minimum absolute atomic E-state index is 0.0602. The number of hydrogen-bond donors (Lipinski definition) is 1. The first-order valence-corrected chi connectivity index (χ1v) is 9.95. The van der Waals surface area contributed by atoms with E-state index >= 15 is 0 Å². The van der Waals surface area contributed by atoms with Gasteiger partial charge in [-0.25, -0.2) is 0 Å². The van der Waals surface area contributed by atoms with Crippen molar-refractivity contribution in [1.29, 1.82) is 0 Å². The Labute approximate surface area is 181 Å². The summed E-state index contributed by atoms with van der Waals surface area (Å²) in [6, 6.07) is 22.9. The van der Waals surface area contributed by atoms with Crippen molar-refractivity contribution in [3.8, 4) is 0 Å². The van der Waals surface area contributed by atoms with Gasteiger partial charge in [-0.2, -0.15) is 5.10 Å². The Balaban J connectivity index is 1.96. The maximum absolute atomic E-state index is 6.23. The average molecular weight is 425 g/mol. The van der Waals surface area contributed by atoms with Crippen LogP contribution in [0.2, 0.25) is 10.0 Å². The zero-order chi connectivity index (χ0) is 20.9. The number of hydrogen-bond acceptors (Lipinski definition) is 3. The standard InChI is InChI=1S/C23H22Cl2N4/c1-23(2,3)17-14-12-16(13-15-17)22(28-26-18-8-5-4-6-9-18)29-27-21-19(24)10-7-11-20(21)25/h4-15,27H,1-3H3/b28-26+,29-22-. The number of anilines is 1. The van der Waals surface area contributed by atoms with Crippen molar-refractivity contribution in [2.45, 2.75) is 26.2 Å². The summed E-state index contributed by atoms with van der Waals surface area (Å²) >= 11 is 12.5. The van der Waals surface area contributed by atoms with Gasteiger partial charge >= 0.3 is 0 Å². The molecule has 0 aromatic heterocycles. The van der Waals surface area contributed by atoms with E-state index < -0.39 is 0 Å². The lowest BCUT2D eigenvalue weighted by Crippen LogP contribution is -2.11. The number of hydrazone groups is 1. The van der Waals surface area contributed by atoms with Crippen molar-refractivity contribution in [3.05, 3.63) is 94.0 Å². The SMILES string of the molecule is CC(C)(C)c1ccc(C(=N/Nc2c(Cl)cccc2Cl)/N=N/c2ccccc2)cc1. The molecule has 0 heterocycles. The lowest BCUT2D eigenvalue weighted by Gasteiger charge is -2.19. The molecule has 0 aliphatic carbocycles. The normalized spacial score (nSPS) is 12.4. The fourth-order valence-corrected chi connectivity index (χ4v) is 3.06. The van der Waals surface area contributed by atoms with Crippen molar-refractivity contribution in [2.75, 3.05) is 5.43 Å². The fraction of sp³-hybridized carbons (Fsp3) is 0.174. The van der Waals surface area contributed by atoms with E-state index in [9.17, 15) is 0 Å². The van der Waals surface area contributed by atoms with Crippen molar-refractivity contribution in [1.82, 2.24) is 0 Å². The van der Waals surface area contributed by atoms with Crippen LogP contribution in [-0.2, 0) is 5.41 Å². The van der Waals surface area contributed by atoms with E-state index in [4.69, 9.17) is 23.2 Å². The molecule has 0 saturated carbocycles. The van der Waals surface area contributed by atoms with Crippen LogP contribution in [0.4, 0.5) is 11.4 Å². The van der Waals surface area contributed by atoms with Crippen LogP contribution in [-0.4, -0.2) is 5.84 Å². The Bertz CT molecular complexity index is 1000. The van der Waals surface area contributed by atoms with Crippen LogP contribution in [0.1, 0.15) is 31.9 Å². The summed E-state index contributed by atoms with van der Waals surface area (Å²) in [5.74, 6) is 0.422. The maximum Gasteiger partial charge on any atom is 0.201 e. The Morgan fingerprint density at radius 3 is 2.00 bits per heavy atom. The average Bonchev–Trinajstić information content (AvgIpc) is 2.70. The molecule has 0 aliphatic rings. The van der Waals surface area contributed by atoms with Gasteiger partial charge in [-0.05, 0) is 35.2 Å². The summed E-state index contributed by atoms with van der Waals surface area (Å²) < 4.78 is 0. The van der Waals surface area contributed by atoms with E-state index in [1.807, 2.05) is 42.5 Å². The van der Waals surface area contributed by atoms with E-state index in [-0.39, 0.29) is 5.41 Å². The molecule has 1 N–H and O–H groups in total. The minimum atomic E-state index is 0.0602. The lowest BCUT2D eigenvalue weighted by atomic mass is 9.87. The Kier molecular flexibility index (Phi) is 6.68. The van der Waals surface area contributed by atoms with Gasteiger partial charge in [0.2, 0.25) is 5.84 Å². The minimum Gasteiger partial charge on any atom is -0.273 e. The van der Waals surface area contributed by atoms with Gasteiger partial charge in [0.25, 0.3) is 0 Å². The summed E-state index contributed by atoms with van der Waals surface area (Å²) in [5.41, 5.74) is 6.30. The maximum atomic E-state index is 6.23. The van der Waals surface area contributed by atoms with E-state index in [0.717, 1.165) is 11.3 Å². The van der Waals surface area contributed by atoms with Crippen LogP contribution in [0.3, 0.4) is 0 Å². The van der Waals surface area contributed by atoms with Gasteiger partial charge in [0.1, 0.15) is 0 Å². The van der Waals surface area contributed by atoms with Crippen molar-refractivity contribution < 1.29 is 0 Å². The number of rotatable bonds is 4. The first-order chi connectivity index (χ1) is 13.8. The summed E-state index contributed by atoms with van der Waals surface area (Å²) in [6.07, 6.45) is 0. The van der Waals surface area contributed by atoms with E-state index in [2.05, 4.69) is 53.7 Å². The quantitative estimate of drug-likeness (QED) is 0.197. The predicted molar refractivity (Wildman–Crippen MR) is 123 cm³/mol. The van der Waals surface area contributed by atoms with Crippen LogP contribution in [0.5, 0.6) is 0 Å². The molecule has 3 rings (SSSR count). The molecule has 0 bridgehead atoms. The molecule has 0 saturated heterocycles. The molecule has 0 atom stereocenters. The topological polar surface area (TPSA) is 49.1 Å². The monoisotopic (exact) mass is 424 g/mol. The van der Waals surface area contributed by atoms with E-state index in [0.29, 0.717) is 21.6 Å². The molecule has 0 fully saturated rings. The van der Waals surface area contributed by atoms with Crippen molar-refractivity contribution in [2.24, 2.45) is 15.3 Å². The number of para-hydroxylation sites is 1. The molecule has 0 aliphatic heterocycles. The molecule has 29 heavy (non-hydrogen) atoms. The van der Waals surface area contributed by atoms with Gasteiger partial charge in [-0.15, -0.1) is 10.2 Å². The third-order valence-electron chi connectivity index (χ3n) is 4.26. The predicted octanol–water partition coefficient (Wildman–Crippen LogP) is 7.85. The molecule has 148 valence electrons. The van der Waals surface area contributed by atoms with Crippen molar-refractivity contribution in [3.63, 3.8) is 0 Å². The van der Waals surface area contributed by atoms with Crippen LogP contribution < -0.4 is 5.43 Å². The molecule has 6 heteroatoms. The number of nitrogens with one attached hydrogen (secondary N) is 1. The number of amidine groups is 1. The van der Waals surface area contributed by atoms with Crippen LogP contribution in [0.15, 0.2) is 88.1 Å². The van der Waals surface area contributed by atoms with Gasteiger partial charge < -0.3 is 0 Å². The van der Waals surface area contributed by atoms with Crippen LogP contribution in [0, 0.1) is 0 Å². The molecule has 0 spiro atoms. The third kappa shape index (κ3) is 5.66. The van der Waals surface area contributed by atoms with E-state index in [1.165, 1.54) is 5.56 Å².